The third-order valence-electron chi connectivity index (χ3n) is 6.72. The van der Waals surface area contributed by atoms with Crippen LogP contribution in [0.4, 0.5) is 4.39 Å². The molecule has 1 aromatic heterocycles. The van der Waals surface area contributed by atoms with E-state index in [1.165, 1.54) is 17.0 Å². The third kappa shape index (κ3) is 7.67. The number of amides is 2. The fraction of sp³-hybridized carbons (Fsp3) is 0.290. The Hall–Kier alpha value is -4.17. The van der Waals surface area contributed by atoms with Crippen LogP contribution >= 0.6 is 0 Å². The number of rotatable bonds is 13. The number of benzene rings is 3. The topological polar surface area (TPSA) is 74.9 Å². The van der Waals surface area contributed by atoms with E-state index in [1.807, 2.05) is 48.7 Å². The largest absolute Gasteiger partial charge is 0.497 e. The molecule has 0 saturated heterocycles. The number of ether oxygens (including phenoxy) is 2. The van der Waals surface area contributed by atoms with E-state index in [9.17, 15) is 14.0 Å². The zero-order valence-corrected chi connectivity index (χ0v) is 22.4. The Morgan fingerprint density at radius 3 is 2.28 bits per heavy atom. The Kier molecular flexibility index (Phi) is 9.69. The molecule has 0 saturated carbocycles. The molecule has 0 bridgehead atoms. The minimum atomic E-state index is -0.359. The van der Waals surface area contributed by atoms with Crippen LogP contribution in [0.3, 0.4) is 0 Å². The van der Waals surface area contributed by atoms with Crippen molar-refractivity contribution >= 4 is 22.7 Å². The number of carbonyl (C=O) groups is 2. The quantitative estimate of drug-likeness (QED) is 0.274. The highest BCUT2D eigenvalue weighted by atomic mass is 19.1. The predicted molar refractivity (Wildman–Crippen MR) is 149 cm³/mol. The predicted octanol–water partition coefficient (Wildman–Crippen LogP) is 4.60. The maximum absolute atomic E-state index is 13.7. The molecule has 8 heteroatoms. The third-order valence-corrected chi connectivity index (χ3v) is 6.72. The first-order valence-corrected chi connectivity index (χ1v) is 12.9. The second kappa shape index (κ2) is 13.6. The summed E-state index contributed by atoms with van der Waals surface area (Å²) in [5.74, 6) is 0.0109. The highest BCUT2D eigenvalue weighted by Crippen LogP contribution is 2.19. The molecule has 7 nitrogen and oxygen atoms in total. The number of aromatic nitrogens is 1. The van der Waals surface area contributed by atoms with Crippen LogP contribution in [-0.2, 0) is 33.7 Å². The summed E-state index contributed by atoms with van der Waals surface area (Å²) >= 11 is 0. The van der Waals surface area contributed by atoms with E-state index >= 15 is 0 Å². The minimum Gasteiger partial charge on any atom is -0.497 e. The first-order valence-electron chi connectivity index (χ1n) is 12.9. The van der Waals surface area contributed by atoms with Crippen molar-refractivity contribution in [1.29, 1.82) is 0 Å². The molecule has 0 radical (unpaired) electrons. The number of nitrogens with zero attached hydrogens (tertiary/aromatic N) is 2. The summed E-state index contributed by atoms with van der Waals surface area (Å²) < 4.78 is 23.8. The first-order chi connectivity index (χ1) is 19.0. The van der Waals surface area contributed by atoms with Crippen LogP contribution in [0.2, 0.25) is 0 Å². The summed E-state index contributed by atoms with van der Waals surface area (Å²) in [6, 6.07) is 21.5. The lowest BCUT2D eigenvalue weighted by Crippen LogP contribution is -2.45. The van der Waals surface area contributed by atoms with E-state index in [4.69, 9.17) is 9.47 Å². The van der Waals surface area contributed by atoms with Gasteiger partial charge in [0.25, 0.3) is 0 Å². The molecule has 0 aliphatic rings. The van der Waals surface area contributed by atoms with E-state index < -0.39 is 0 Å². The number of nitrogens with one attached hydrogen (secondary N) is 1. The average molecular weight is 532 g/mol. The summed E-state index contributed by atoms with van der Waals surface area (Å²) in [5, 5.41) is 1.13. The van der Waals surface area contributed by atoms with Crippen molar-refractivity contribution < 1.29 is 23.5 Å². The molecular formula is C31H34FN3O4. The van der Waals surface area contributed by atoms with Gasteiger partial charge in [-0.15, -0.1) is 0 Å². The molecule has 1 heterocycles. The van der Waals surface area contributed by atoms with Crippen LogP contribution in [0.15, 0.2) is 79.0 Å². The fourth-order valence-corrected chi connectivity index (χ4v) is 4.48. The lowest BCUT2D eigenvalue weighted by atomic mass is 10.1. The van der Waals surface area contributed by atoms with Gasteiger partial charge in [0.2, 0.25) is 11.8 Å². The highest BCUT2D eigenvalue weighted by Gasteiger charge is 2.22. The summed E-state index contributed by atoms with van der Waals surface area (Å²) in [6.07, 6.45) is 2.72. The lowest BCUT2D eigenvalue weighted by Gasteiger charge is -2.28. The van der Waals surface area contributed by atoms with Gasteiger partial charge >= 0.3 is 0 Å². The van der Waals surface area contributed by atoms with Gasteiger partial charge in [0.15, 0.2) is 0 Å². The number of hydrogen-bond acceptors (Lipinski definition) is 4. The van der Waals surface area contributed by atoms with Crippen LogP contribution in [0.1, 0.15) is 16.7 Å². The Labute approximate surface area is 228 Å². The fourth-order valence-electron chi connectivity index (χ4n) is 4.48. The summed E-state index contributed by atoms with van der Waals surface area (Å²) in [6.45, 7) is 1.39. The molecule has 3 aromatic carbocycles. The second-order valence-electron chi connectivity index (χ2n) is 9.38. The van der Waals surface area contributed by atoms with Crippen LogP contribution in [0.5, 0.6) is 5.75 Å². The number of hydrogen-bond donors (Lipinski definition) is 1. The maximum atomic E-state index is 13.7. The number of fused-ring (bicyclic) bond motifs is 1. The van der Waals surface area contributed by atoms with Crippen molar-refractivity contribution in [1.82, 2.24) is 14.8 Å². The van der Waals surface area contributed by atoms with Gasteiger partial charge in [-0.1, -0.05) is 42.5 Å². The monoisotopic (exact) mass is 531 g/mol. The molecular weight excluding hydrogens is 497 g/mol. The Balaban J connectivity index is 1.50. The first kappa shape index (κ1) is 27.9. The van der Waals surface area contributed by atoms with E-state index in [-0.39, 0.29) is 37.1 Å². The van der Waals surface area contributed by atoms with Crippen molar-refractivity contribution in [3.05, 3.63) is 102 Å². The number of aromatic amines is 1. The number of para-hydroxylation sites is 1. The van der Waals surface area contributed by atoms with E-state index in [2.05, 4.69) is 11.1 Å². The van der Waals surface area contributed by atoms with Gasteiger partial charge in [-0.3, -0.25) is 9.59 Å². The smallest absolute Gasteiger partial charge is 0.242 e. The van der Waals surface area contributed by atoms with E-state index in [0.29, 0.717) is 31.7 Å². The van der Waals surface area contributed by atoms with Crippen molar-refractivity contribution in [2.24, 2.45) is 0 Å². The van der Waals surface area contributed by atoms with E-state index in [0.717, 1.165) is 27.8 Å². The molecule has 0 spiro atoms. The molecule has 39 heavy (non-hydrogen) atoms. The molecule has 0 aliphatic carbocycles. The lowest BCUT2D eigenvalue weighted by molar-refractivity contribution is -0.141. The molecule has 204 valence electrons. The van der Waals surface area contributed by atoms with Crippen LogP contribution in [0, 0.1) is 5.82 Å². The Morgan fingerprint density at radius 1 is 0.846 bits per heavy atom. The summed E-state index contributed by atoms with van der Waals surface area (Å²) in [7, 11) is 3.17. The van der Waals surface area contributed by atoms with Crippen LogP contribution in [-0.4, -0.2) is 67.1 Å². The number of halogens is 1. The van der Waals surface area contributed by atoms with E-state index in [1.54, 1.807) is 31.3 Å². The van der Waals surface area contributed by atoms with Crippen molar-refractivity contribution in [3.63, 3.8) is 0 Å². The normalized spacial score (nSPS) is 10.9. The average Bonchev–Trinajstić information content (AvgIpc) is 3.37. The van der Waals surface area contributed by atoms with Gasteiger partial charge in [-0.05, 0) is 53.4 Å². The number of H-pyrrole nitrogens is 1. The molecule has 1 N–H and O–H groups in total. The van der Waals surface area contributed by atoms with Crippen molar-refractivity contribution in [2.75, 3.05) is 40.5 Å². The molecule has 0 aliphatic heterocycles. The standard InChI is InChI=1S/C31H34FN3O4/c1-38-18-17-35(30(36)19-23-7-11-26(32)12-8-23)22-31(37)34(21-24-9-13-27(39-2)14-10-24)16-15-25-20-33-29-6-4-3-5-28(25)29/h3-14,20,33H,15-19,21-22H2,1-2H3. The van der Waals surface area contributed by atoms with Gasteiger partial charge in [0, 0.05) is 43.8 Å². The molecule has 0 atom stereocenters. The molecule has 2 amide bonds. The SMILES string of the molecule is COCCN(CC(=O)N(CCc1c[nH]c2ccccc12)Cc1ccc(OC)cc1)C(=O)Cc1ccc(F)cc1. The molecule has 0 unspecified atom stereocenters. The summed E-state index contributed by atoms with van der Waals surface area (Å²) in [4.78, 5) is 33.4. The van der Waals surface area contributed by atoms with Gasteiger partial charge < -0.3 is 24.3 Å². The van der Waals surface area contributed by atoms with Gasteiger partial charge in [-0.2, -0.15) is 0 Å². The number of carbonyl (C=O) groups excluding carboxylic acids is 2. The van der Waals surface area contributed by atoms with Crippen LogP contribution in [0.25, 0.3) is 10.9 Å². The Morgan fingerprint density at radius 2 is 1.56 bits per heavy atom. The summed E-state index contributed by atoms with van der Waals surface area (Å²) in [5.41, 5.74) is 3.83. The van der Waals surface area contributed by atoms with Crippen molar-refractivity contribution in [2.45, 2.75) is 19.4 Å². The molecule has 0 fully saturated rings. The van der Waals surface area contributed by atoms with Crippen LogP contribution < -0.4 is 4.74 Å². The highest BCUT2D eigenvalue weighted by molar-refractivity contribution is 5.86. The molecule has 4 aromatic rings. The zero-order valence-electron chi connectivity index (χ0n) is 22.4. The maximum Gasteiger partial charge on any atom is 0.242 e. The minimum absolute atomic E-state index is 0.0745. The van der Waals surface area contributed by atoms with Gasteiger partial charge in [0.05, 0.1) is 26.7 Å². The van der Waals surface area contributed by atoms with Gasteiger partial charge in [-0.25, -0.2) is 4.39 Å². The van der Waals surface area contributed by atoms with Gasteiger partial charge in [0.1, 0.15) is 11.6 Å². The number of methoxy groups -OCH3 is 2. The molecule has 4 rings (SSSR count). The Bertz CT molecular complexity index is 1370. The van der Waals surface area contributed by atoms with Crippen molar-refractivity contribution in [3.8, 4) is 5.75 Å². The second-order valence-corrected chi connectivity index (χ2v) is 9.38. The zero-order chi connectivity index (χ0) is 27.6.